The first-order valence-corrected chi connectivity index (χ1v) is 7.96. The number of hydrogen-bond acceptors (Lipinski definition) is 5. The van der Waals surface area contributed by atoms with Gasteiger partial charge in [-0.25, -0.2) is 4.39 Å². The van der Waals surface area contributed by atoms with Gasteiger partial charge >= 0.3 is 0 Å². The molecule has 0 radical (unpaired) electrons. The first-order valence-electron chi connectivity index (χ1n) is 7.96. The summed E-state index contributed by atoms with van der Waals surface area (Å²) in [6, 6.07) is 7.56. The molecule has 0 amide bonds. The summed E-state index contributed by atoms with van der Waals surface area (Å²) in [6.45, 7) is 1.68. The second-order valence-corrected chi connectivity index (χ2v) is 6.14. The first kappa shape index (κ1) is 15.6. The molecule has 25 heavy (non-hydrogen) atoms. The number of benzene rings is 2. The normalized spacial score (nSPS) is 17.5. The van der Waals surface area contributed by atoms with E-state index in [9.17, 15) is 14.0 Å². The zero-order chi connectivity index (χ0) is 17.6. The van der Waals surface area contributed by atoms with E-state index in [0.717, 1.165) is 0 Å². The molecule has 2 aromatic carbocycles. The molecule has 0 fully saturated rings. The molecule has 0 unspecified atom stereocenters. The highest BCUT2D eigenvalue weighted by Crippen LogP contribution is 2.40. The summed E-state index contributed by atoms with van der Waals surface area (Å²) in [5.74, 6) is 0.326. The van der Waals surface area contributed by atoms with Gasteiger partial charge in [-0.2, -0.15) is 0 Å². The third-order valence-electron chi connectivity index (χ3n) is 4.47. The van der Waals surface area contributed by atoms with Gasteiger partial charge in [-0.1, -0.05) is 6.92 Å². The summed E-state index contributed by atoms with van der Waals surface area (Å²) in [5, 5.41) is 0. The smallest absolute Gasteiger partial charge is 0.231 e. The van der Waals surface area contributed by atoms with Crippen molar-refractivity contribution in [2.45, 2.75) is 19.3 Å². The van der Waals surface area contributed by atoms with Gasteiger partial charge in [0, 0.05) is 17.5 Å². The second kappa shape index (κ2) is 5.88. The summed E-state index contributed by atoms with van der Waals surface area (Å²) in [7, 11) is 0. The van der Waals surface area contributed by atoms with E-state index in [4.69, 9.17) is 14.2 Å². The highest BCUT2D eigenvalue weighted by Gasteiger charge is 2.32. The third kappa shape index (κ3) is 2.63. The number of ether oxygens (including phenoxy) is 3. The number of fused-ring (bicyclic) bond motifs is 2. The number of hydrogen-bond donors (Lipinski definition) is 0. The van der Waals surface area contributed by atoms with Gasteiger partial charge in [0.05, 0.1) is 5.56 Å². The monoisotopic (exact) mass is 342 g/mol. The van der Waals surface area contributed by atoms with Gasteiger partial charge < -0.3 is 14.2 Å². The SMILES string of the molecule is C[C@H]1CC(=O)c2c(OCC(=O)c3ccc4c(c3)OCO4)ccc(F)c21. The van der Waals surface area contributed by atoms with E-state index in [1.807, 2.05) is 0 Å². The van der Waals surface area contributed by atoms with Crippen LogP contribution < -0.4 is 14.2 Å². The Morgan fingerprint density at radius 3 is 2.88 bits per heavy atom. The minimum atomic E-state index is -0.414. The highest BCUT2D eigenvalue weighted by molar-refractivity contribution is 6.04. The second-order valence-electron chi connectivity index (χ2n) is 6.14. The molecule has 1 aliphatic carbocycles. The molecule has 0 saturated carbocycles. The number of carbonyl (C=O) groups is 2. The molecule has 0 saturated heterocycles. The van der Waals surface area contributed by atoms with Gasteiger partial charge in [-0.15, -0.1) is 0 Å². The fraction of sp³-hybridized carbons (Fsp3) is 0.263. The van der Waals surface area contributed by atoms with Crippen LogP contribution in [0.3, 0.4) is 0 Å². The van der Waals surface area contributed by atoms with E-state index in [1.165, 1.54) is 12.1 Å². The topological polar surface area (TPSA) is 61.8 Å². The van der Waals surface area contributed by atoms with Crippen molar-refractivity contribution in [2.24, 2.45) is 0 Å². The van der Waals surface area contributed by atoms with E-state index in [0.29, 0.717) is 22.6 Å². The van der Waals surface area contributed by atoms with Crippen molar-refractivity contribution < 1.29 is 28.2 Å². The van der Waals surface area contributed by atoms with Gasteiger partial charge in [-0.05, 0) is 36.2 Å². The van der Waals surface area contributed by atoms with E-state index >= 15 is 0 Å². The Kier molecular flexibility index (Phi) is 3.67. The first-order chi connectivity index (χ1) is 12.0. The summed E-state index contributed by atoms with van der Waals surface area (Å²) < 4.78 is 30.0. The van der Waals surface area contributed by atoms with Crippen molar-refractivity contribution in [3.63, 3.8) is 0 Å². The Bertz CT molecular complexity index is 890. The third-order valence-corrected chi connectivity index (χ3v) is 4.47. The summed E-state index contributed by atoms with van der Waals surface area (Å²) in [5.41, 5.74) is 1.05. The average molecular weight is 342 g/mol. The summed E-state index contributed by atoms with van der Waals surface area (Å²) >= 11 is 0. The van der Waals surface area contributed by atoms with E-state index in [2.05, 4.69) is 0 Å². The largest absolute Gasteiger partial charge is 0.485 e. The van der Waals surface area contributed by atoms with Crippen molar-refractivity contribution in [3.05, 3.63) is 52.8 Å². The van der Waals surface area contributed by atoms with Crippen molar-refractivity contribution >= 4 is 11.6 Å². The van der Waals surface area contributed by atoms with Gasteiger partial charge in [0.25, 0.3) is 0 Å². The Hall–Kier alpha value is -2.89. The molecule has 1 aliphatic heterocycles. The molecule has 2 aliphatic rings. The maximum Gasteiger partial charge on any atom is 0.231 e. The van der Waals surface area contributed by atoms with E-state index < -0.39 is 5.82 Å². The molecular formula is C19H15FO5. The number of Topliss-reactive ketones (excluding diaryl/α,β-unsaturated/α-hetero) is 2. The molecule has 0 N–H and O–H groups in total. The molecular weight excluding hydrogens is 327 g/mol. The maximum atomic E-state index is 14.0. The standard InChI is InChI=1S/C19H15FO5/c1-10-6-13(21)19-16(5-3-12(20)18(10)19)23-8-14(22)11-2-4-15-17(7-11)25-9-24-15/h2-5,7,10H,6,8-9H2,1H3/t10-/m0/s1. The summed E-state index contributed by atoms with van der Waals surface area (Å²) in [6.07, 6.45) is 0.253. The van der Waals surface area contributed by atoms with Crippen LogP contribution in [-0.4, -0.2) is 25.0 Å². The minimum Gasteiger partial charge on any atom is -0.485 e. The van der Waals surface area contributed by atoms with Crippen LogP contribution >= 0.6 is 0 Å². The quantitative estimate of drug-likeness (QED) is 0.796. The van der Waals surface area contributed by atoms with Gasteiger partial charge in [0.1, 0.15) is 11.6 Å². The van der Waals surface area contributed by atoms with Crippen molar-refractivity contribution in [1.82, 2.24) is 0 Å². The van der Waals surface area contributed by atoms with Gasteiger partial charge in [0.15, 0.2) is 29.7 Å². The van der Waals surface area contributed by atoms with Crippen LogP contribution in [0.15, 0.2) is 30.3 Å². The maximum absolute atomic E-state index is 14.0. The van der Waals surface area contributed by atoms with Gasteiger partial charge in [0.2, 0.25) is 6.79 Å². The molecule has 4 rings (SSSR count). The number of rotatable bonds is 4. The van der Waals surface area contributed by atoms with Crippen LogP contribution in [0.4, 0.5) is 4.39 Å². The van der Waals surface area contributed by atoms with Crippen LogP contribution in [0.1, 0.15) is 45.5 Å². The number of ketones is 2. The van der Waals surface area contributed by atoms with Crippen LogP contribution in [-0.2, 0) is 0 Å². The number of carbonyl (C=O) groups excluding carboxylic acids is 2. The zero-order valence-corrected chi connectivity index (χ0v) is 13.5. The lowest BCUT2D eigenvalue weighted by Crippen LogP contribution is -2.13. The van der Waals surface area contributed by atoms with Crippen LogP contribution in [0.2, 0.25) is 0 Å². The lowest BCUT2D eigenvalue weighted by atomic mass is 10.0. The van der Waals surface area contributed by atoms with Crippen LogP contribution in [0.25, 0.3) is 0 Å². The van der Waals surface area contributed by atoms with Crippen molar-refractivity contribution in [1.29, 1.82) is 0 Å². The van der Waals surface area contributed by atoms with E-state index in [1.54, 1.807) is 25.1 Å². The number of halogens is 1. The minimum absolute atomic E-state index is 0.130. The highest BCUT2D eigenvalue weighted by atomic mass is 19.1. The van der Waals surface area contributed by atoms with Crippen molar-refractivity contribution in [2.75, 3.05) is 13.4 Å². The van der Waals surface area contributed by atoms with Gasteiger partial charge in [-0.3, -0.25) is 9.59 Å². The molecule has 2 aromatic rings. The predicted octanol–water partition coefficient (Wildman–Crippen LogP) is 3.51. The molecule has 6 heteroatoms. The molecule has 1 heterocycles. The lowest BCUT2D eigenvalue weighted by molar-refractivity contribution is 0.0911. The lowest BCUT2D eigenvalue weighted by Gasteiger charge is -2.11. The molecule has 0 aromatic heterocycles. The molecule has 128 valence electrons. The predicted molar refractivity (Wildman–Crippen MR) is 86.2 cm³/mol. The Balaban J connectivity index is 1.54. The Morgan fingerprint density at radius 2 is 2.04 bits per heavy atom. The molecule has 5 nitrogen and oxygen atoms in total. The average Bonchev–Trinajstić information content (AvgIpc) is 3.18. The molecule has 0 spiro atoms. The zero-order valence-electron chi connectivity index (χ0n) is 13.5. The molecule has 0 bridgehead atoms. The fourth-order valence-electron chi connectivity index (χ4n) is 3.24. The molecule has 1 atom stereocenters. The van der Waals surface area contributed by atoms with E-state index in [-0.39, 0.29) is 48.6 Å². The Labute approximate surface area is 143 Å². The fourth-order valence-corrected chi connectivity index (χ4v) is 3.24. The van der Waals surface area contributed by atoms with Crippen molar-refractivity contribution in [3.8, 4) is 17.2 Å². The Morgan fingerprint density at radius 1 is 1.24 bits per heavy atom. The van der Waals surface area contributed by atoms with Crippen LogP contribution in [0, 0.1) is 5.82 Å². The van der Waals surface area contributed by atoms with Crippen LogP contribution in [0.5, 0.6) is 17.2 Å². The summed E-state index contributed by atoms with van der Waals surface area (Å²) in [4.78, 5) is 24.5.